The van der Waals surface area contributed by atoms with E-state index in [4.69, 9.17) is 9.76 Å². The van der Waals surface area contributed by atoms with E-state index in [0.29, 0.717) is 11.0 Å². The number of carbonyl (C=O) groups is 1. The molecule has 1 aromatic carbocycles. The van der Waals surface area contributed by atoms with Crippen molar-refractivity contribution in [2.24, 2.45) is 0 Å². The van der Waals surface area contributed by atoms with Gasteiger partial charge in [-0.3, -0.25) is 4.79 Å². The van der Waals surface area contributed by atoms with Gasteiger partial charge in [0.2, 0.25) is 0 Å². The fourth-order valence-corrected chi connectivity index (χ4v) is 1.56. The molecule has 0 bridgehead atoms. The van der Waals surface area contributed by atoms with Crippen LogP contribution in [0.1, 0.15) is 38.1 Å². The molecule has 0 fully saturated rings. The van der Waals surface area contributed by atoms with Gasteiger partial charge >= 0.3 is 7.12 Å². The standard InChI is InChI=1S/C15H24BNO5/c1-14(2,20)15(3,4)22-16(21)12-7-5-11(6-8-12)13(19)17-9-10-18/h5-8,18,20-21H,9-10H2,1-4H3,(H,17,19). The molecule has 0 aliphatic carbocycles. The normalized spacial score (nSPS) is 12.1. The van der Waals surface area contributed by atoms with Gasteiger partial charge in [0.25, 0.3) is 5.91 Å². The predicted octanol–water partition coefficient (Wildman–Crippen LogP) is -0.338. The second-order valence-corrected chi connectivity index (χ2v) is 6.14. The minimum Gasteiger partial charge on any atom is -0.423 e. The number of benzene rings is 1. The maximum Gasteiger partial charge on any atom is 0.491 e. The van der Waals surface area contributed by atoms with Crippen molar-refractivity contribution in [1.82, 2.24) is 5.32 Å². The molecule has 0 aliphatic heterocycles. The van der Waals surface area contributed by atoms with Crippen LogP contribution in [0.25, 0.3) is 0 Å². The molecule has 0 saturated carbocycles. The summed E-state index contributed by atoms with van der Waals surface area (Å²) in [6.07, 6.45) is 0. The van der Waals surface area contributed by atoms with Gasteiger partial charge in [0.1, 0.15) is 0 Å². The van der Waals surface area contributed by atoms with Crippen molar-refractivity contribution in [2.45, 2.75) is 38.9 Å². The zero-order valence-corrected chi connectivity index (χ0v) is 13.5. The van der Waals surface area contributed by atoms with Crippen LogP contribution in [0.3, 0.4) is 0 Å². The summed E-state index contributed by atoms with van der Waals surface area (Å²) in [4.78, 5) is 11.7. The molecule has 6 nitrogen and oxygen atoms in total. The fourth-order valence-electron chi connectivity index (χ4n) is 1.56. The van der Waals surface area contributed by atoms with E-state index in [1.54, 1.807) is 52.0 Å². The van der Waals surface area contributed by atoms with Gasteiger partial charge in [-0.2, -0.15) is 0 Å². The Labute approximate surface area is 131 Å². The Morgan fingerprint density at radius 3 is 2.23 bits per heavy atom. The van der Waals surface area contributed by atoms with E-state index < -0.39 is 18.3 Å². The SMILES string of the molecule is CC(C)(O)C(C)(C)OB(O)c1ccc(C(=O)NCCO)cc1. The molecule has 122 valence electrons. The Morgan fingerprint density at radius 2 is 1.77 bits per heavy atom. The molecule has 0 spiro atoms. The molecule has 0 saturated heterocycles. The van der Waals surface area contributed by atoms with Crippen molar-refractivity contribution in [2.75, 3.05) is 13.2 Å². The number of hydrogen-bond donors (Lipinski definition) is 4. The zero-order chi connectivity index (χ0) is 17.0. The number of aliphatic hydroxyl groups excluding tert-OH is 1. The number of amides is 1. The average molecular weight is 309 g/mol. The van der Waals surface area contributed by atoms with Gasteiger partial charge < -0.3 is 25.2 Å². The third-order valence-electron chi connectivity index (χ3n) is 3.74. The van der Waals surface area contributed by atoms with Gasteiger partial charge in [0, 0.05) is 12.1 Å². The van der Waals surface area contributed by atoms with Gasteiger partial charge in [-0.05, 0) is 45.3 Å². The summed E-state index contributed by atoms with van der Waals surface area (Å²) >= 11 is 0. The highest BCUT2D eigenvalue weighted by molar-refractivity contribution is 6.60. The third kappa shape index (κ3) is 4.81. The molecule has 0 heterocycles. The summed E-state index contributed by atoms with van der Waals surface area (Å²) in [6, 6.07) is 6.29. The maximum absolute atomic E-state index is 11.7. The van der Waals surface area contributed by atoms with Crippen LogP contribution >= 0.6 is 0 Å². The fraction of sp³-hybridized carbons (Fsp3) is 0.533. The van der Waals surface area contributed by atoms with E-state index in [-0.39, 0.29) is 19.1 Å². The van der Waals surface area contributed by atoms with E-state index >= 15 is 0 Å². The van der Waals surface area contributed by atoms with E-state index in [2.05, 4.69) is 5.32 Å². The van der Waals surface area contributed by atoms with Gasteiger partial charge in [-0.25, -0.2) is 0 Å². The number of nitrogens with one attached hydrogen (secondary N) is 1. The first kappa shape index (κ1) is 18.6. The molecule has 7 heteroatoms. The first-order valence-electron chi connectivity index (χ1n) is 7.16. The van der Waals surface area contributed by atoms with Gasteiger partial charge in [-0.15, -0.1) is 0 Å². The highest BCUT2D eigenvalue weighted by Gasteiger charge is 2.39. The molecule has 1 aromatic rings. The van der Waals surface area contributed by atoms with Crippen molar-refractivity contribution in [1.29, 1.82) is 0 Å². The molecule has 1 rings (SSSR count). The Morgan fingerprint density at radius 1 is 1.23 bits per heavy atom. The highest BCUT2D eigenvalue weighted by Crippen LogP contribution is 2.25. The molecular formula is C15H24BNO5. The van der Waals surface area contributed by atoms with Crippen LogP contribution in [0.5, 0.6) is 0 Å². The first-order valence-corrected chi connectivity index (χ1v) is 7.16. The summed E-state index contributed by atoms with van der Waals surface area (Å²) in [5.74, 6) is -0.298. The maximum atomic E-state index is 11.7. The quantitative estimate of drug-likeness (QED) is 0.517. The minimum absolute atomic E-state index is 0.123. The Bertz CT molecular complexity index is 496. The van der Waals surface area contributed by atoms with Crippen LogP contribution in [-0.2, 0) is 4.65 Å². The molecule has 22 heavy (non-hydrogen) atoms. The van der Waals surface area contributed by atoms with Crippen molar-refractivity contribution >= 4 is 18.5 Å². The largest absolute Gasteiger partial charge is 0.491 e. The van der Waals surface area contributed by atoms with Gasteiger partial charge in [0.15, 0.2) is 0 Å². The lowest BCUT2D eigenvalue weighted by molar-refractivity contribution is -0.0982. The van der Waals surface area contributed by atoms with Crippen molar-refractivity contribution in [3.8, 4) is 0 Å². The molecule has 1 amide bonds. The lowest BCUT2D eigenvalue weighted by Crippen LogP contribution is -2.53. The van der Waals surface area contributed by atoms with Crippen molar-refractivity contribution in [3.63, 3.8) is 0 Å². The Hall–Kier alpha value is -1.41. The van der Waals surface area contributed by atoms with Crippen LogP contribution in [0, 0.1) is 0 Å². The average Bonchev–Trinajstić information content (AvgIpc) is 2.43. The molecule has 0 unspecified atom stereocenters. The summed E-state index contributed by atoms with van der Waals surface area (Å²) in [5.41, 5.74) is -1.18. The first-order chi connectivity index (χ1) is 10.1. The summed E-state index contributed by atoms with van der Waals surface area (Å²) in [7, 11) is -1.21. The number of hydrogen-bond acceptors (Lipinski definition) is 5. The van der Waals surface area contributed by atoms with Crippen LogP contribution in [0.15, 0.2) is 24.3 Å². The van der Waals surface area contributed by atoms with E-state index in [1.807, 2.05) is 0 Å². The van der Waals surface area contributed by atoms with Crippen LogP contribution in [0.2, 0.25) is 0 Å². The number of rotatable bonds is 7. The smallest absolute Gasteiger partial charge is 0.423 e. The van der Waals surface area contributed by atoms with Crippen LogP contribution < -0.4 is 10.8 Å². The molecule has 0 atom stereocenters. The molecular weight excluding hydrogens is 285 g/mol. The minimum atomic E-state index is -1.21. The number of carbonyl (C=O) groups excluding carboxylic acids is 1. The lowest BCUT2D eigenvalue weighted by atomic mass is 9.76. The molecule has 0 aliphatic rings. The topological polar surface area (TPSA) is 99.0 Å². The zero-order valence-electron chi connectivity index (χ0n) is 13.5. The second-order valence-electron chi connectivity index (χ2n) is 6.14. The molecule has 4 N–H and O–H groups in total. The van der Waals surface area contributed by atoms with E-state index in [0.717, 1.165) is 0 Å². The summed E-state index contributed by atoms with van der Waals surface area (Å²) in [6.45, 7) is 6.65. The second kappa shape index (κ2) is 7.24. The summed E-state index contributed by atoms with van der Waals surface area (Å²) < 4.78 is 5.53. The van der Waals surface area contributed by atoms with Crippen LogP contribution in [0.4, 0.5) is 0 Å². The van der Waals surface area contributed by atoms with Crippen molar-refractivity contribution in [3.05, 3.63) is 29.8 Å². The Kier molecular flexibility index (Phi) is 6.13. The third-order valence-corrected chi connectivity index (χ3v) is 3.74. The number of aliphatic hydroxyl groups is 2. The summed E-state index contributed by atoms with van der Waals surface area (Å²) in [5, 5.41) is 31.4. The lowest BCUT2D eigenvalue weighted by Gasteiger charge is -2.38. The molecule has 0 aromatic heterocycles. The Balaban J connectivity index is 2.76. The monoisotopic (exact) mass is 309 g/mol. The van der Waals surface area contributed by atoms with E-state index in [9.17, 15) is 14.9 Å². The highest BCUT2D eigenvalue weighted by atomic mass is 16.5. The van der Waals surface area contributed by atoms with Gasteiger partial charge in [-0.1, -0.05) is 12.1 Å². The van der Waals surface area contributed by atoms with E-state index in [1.165, 1.54) is 0 Å². The van der Waals surface area contributed by atoms with Crippen LogP contribution in [-0.4, -0.2) is 52.6 Å². The molecule has 0 radical (unpaired) electrons. The predicted molar refractivity (Wildman–Crippen MR) is 84.9 cm³/mol. The van der Waals surface area contributed by atoms with Crippen molar-refractivity contribution < 1.29 is 24.7 Å². The van der Waals surface area contributed by atoms with Gasteiger partial charge in [0.05, 0.1) is 17.8 Å².